The third kappa shape index (κ3) is 4.19. The zero-order valence-electron chi connectivity index (χ0n) is 11.4. The lowest BCUT2D eigenvalue weighted by molar-refractivity contribution is 0.158. The van der Waals surface area contributed by atoms with Crippen molar-refractivity contribution in [1.29, 1.82) is 0 Å². The van der Waals surface area contributed by atoms with E-state index in [4.69, 9.17) is 0 Å². The Morgan fingerprint density at radius 1 is 1.28 bits per heavy atom. The van der Waals surface area contributed by atoms with Gasteiger partial charge in [0.2, 0.25) is 5.13 Å². The number of hydrogen-bond donors (Lipinski definition) is 1. The Labute approximate surface area is 113 Å². The minimum absolute atomic E-state index is 0.963. The lowest BCUT2D eigenvalue weighted by atomic mass is 10.3. The Morgan fingerprint density at radius 2 is 2.06 bits per heavy atom. The number of nitrogens with zero attached hydrogens (tertiary/aromatic N) is 4. The highest BCUT2D eigenvalue weighted by Gasteiger charge is 2.13. The molecule has 102 valence electrons. The van der Waals surface area contributed by atoms with Crippen molar-refractivity contribution in [1.82, 2.24) is 19.2 Å². The second-order valence-electron chi connectivity index (χ2n) is 4.84. The van der Waals surface area contributed by atoms with Gasteiger partial charge in [-0.15, -0.1) is 0 Å². The summed E-state index contributed by atoms with van der Waals surface area (Å²) in [7, 11) is 2.19. The van der Waals surface area contributed by atoms with Gasteiger partial charge in [0.25, 0.3) is 0 Å². The van der Waals surface area contributed by atoms with Crippen LogP contribution < -0.4 is 5.32 Å². The smallest absolute Gasteiger partial charge is 0.202 e. The summed E-state index contributed by atoms with van der Waals surface area (Å²) in [5.41, 5.74) is 0. The zero-order valence-corrected chi connectivity index (χ0v) is 12.2. The Balaban J connectivity index is 1.65. The number of rotatable bonds is 6. The van der Waals surface area contributed by atoms with Crippen LogP contribution in [0.3, 0.4) is 0 Å². The monoisotopic (exact) mass is 269 g/mol. The first-order valence-corrected chi connectivity index (χ1v) is 7.52. The minimum Gasteiger partial charge on any atom is -0.359 e. The molecule has 1 fully saturated rings. The summed E-state index contributed by atoms with van der Waals surface area (Å²) < 4.78 is 4.33. The lowest BCUT2D eigenvalue weighted by Crippen LogP contribution is -2.45. The first-order valence-electron chi connectivity index (χ1n) is 6.75. The molecular formula is C12H23N5S. The highest BCUT2D eigenvalue weighted by molar-refractivity contribution is 7.09. The second kappa shape index (κ2) is 7.01. The van der Waals surface area contributed by atoms with Crippen LogP contribution in [0, 0.1) is 0 Å². The van der Waals surface area contributed by atoms with Crippen molar-refractivity contribution in [2.45, 2.75) is 19.8 Å². The molecule has 0 bridgehead atoms. The van der Waals surface area contributed by atoms with Crippen molar-refractivity contribution < 1.29 is 0 Å². The molecule has 0 radical (unpaired) electrons. The number of likely N-dealkylation sites (N-methyl/N-ethyl adjacent to an activating group) is 1. The SMILES string of the molecule is CCCc1nsc(NCCN2CCN(C)CC2)n1. The van der Waals surface area contributed by atoms with Gasteiger partial charge >= 0.3 is 0 Å². The van der Waals surface area contributed by atoms with Crippen molar-refractivity contribution >= 4 is 16.7 Å². The predicted octanol–water partition coefficient (Wildman–Crippen LogP) is 1.15. The Morgan fingerprint density at radius 3 is 2.78 bits per heavy atom. The number of aryl methyl sites for hydroxylation is 1. The van der Waals surface area contributed by atoms with E-state index in [2.05, 4.69) is 38.4 Å². The zero-order chi connectivity index (χ0) is 12.8. The van der Waals surface area contributed by atoms with E-state index in [0.717, 1.165) is 36.9 Å². The number of hydrogen-bond acceptors (Lipinski definition) is 6. The molecular weight excluding hydrogens is 246 g/mol. The molecule has 1 aliphatic rings. The summed E-state index contributed by atoms with van der Waals surface area (Å²) in [5.74, 6) is 0.976. The average Bonchev–Trinajstić information content (AvgIpc) is 2.80. The van der Waals surface area contributed by atoms with E-state index < -0.39 is 0 Å². The van der Waals surface area contributed by atoms with Gasteiger partial charge in [-0.05, 0) is 13.5 Å². The number of piperazine rings is 1. The molecule has 1 aliphatic heterocycles. The van der Waals surface area contributed by atoms with Crippen molar-refractivity contribution in [2.75, 3.05) is 51.6 Å². The predicted molar refractivity (Wildman–Crippen MR) is 76.3 cm³/mol. The van der Waals surface area contributed by atoms with Crippen molar-refractivity contribution in [3.05, 3.63) is 5.82 Å². The summed E-state index contributed by atoms with van der Waals surface area (Å²) in [6.45, 7) is 8.92. The maximum Gasteiger partial charge on any atom is 0.202 e. The molecule has 0 saturated carbocycles. The number of anilines is 1. The van der Waals surface area contributed by atoms with Gasteiger partial charge in [0.05, 0.1) is 0 Å². The van der Waals surface area contributed by atoms with E-state index >= 15 is 0 Å². The van der Waals surface area contributed by atoms with Gasteiger partial charge < -0.3 is 10.2 Å². The van der Waals surface area contributed by atoms with Gasteiger partial charge in [0, 0.05) is 57.2 Å². The van der Waals surface area contributed by atoms with Gasteiger partial charge in [-0.3, -0.25) is 4.90 Å². The van der Waals surface area contributed by atoms with Crippen LogP contribution in [0.15, 0.2) is 0 Å². The molecule has 0 amide bonds. The minimum atomic E-state index is 0.963. The van der Waals surface area contributed by atoms with Gasteiger partial charge in [0.15, 0.2) is 0 Å². The fourth-order valence-corrected chi connectivity index (χ4v) is 2.68. The van der Waals surface area contributed by atoms with E-state index in [1.165, 1.54) is 37.7 Å². The summed E-state index contributed by atoms with van der Waals surface area (Å²) in [6.07, 6.45) is 2.09. The van der Waals surface area contributed by atoms with Gasteiger partial charge in [0.1, 0.15) is 5.82 Å². The van der Waals surface area contributed by atoms with Crippen molar-refractivity contribution in [2.24, 2.45) is 0 Å². The molecule has 5 nitrogen and oxygen atoms in total. The molecule has 18 heavy (non-hydrogen) atoms. The third-order valence-corrected chi connectivity index (χ3v) is 3.95. The van der Waals surface area contributed by atoms with E-state index in [-0.39, 0.29) is 0 Å². The summed E-state index contributed by atoms with van der Waals surface area (Å²) in [4.78, 5) is 9.35. The number of aromatic nitrogens is 2. The van der Waals surface area contributed by atoms with Crippen molar-refractivity contribution in [3.63, 3.8) is 0 Å². The molecule has 1 saturated heterocycles. The largest absolute Gasteiger partial charge is 0.359 e. The quantitative estimate of drug-likeness (QED) is 0.839. The second-order valence-corrected chi connectivity index (χ2v) is 5.59. The fourth-order valence-electron chi connectivity index (χ4n) is 2.04. The Kier molecular flexibility index (Phi) is 5.34. The Hall–Kier alpha value is -0.720. The van der Waals surface area contributed by atoms with Crippen LogP contribution in [0.2, 0.25) is 0 Å². The van der Waals surface area contributed by atoms with E-state index in [1.54, 1.807) is 0 Å². The van der Waals surface area contributed by atoms with Crippen molar-refractivity contribution in [3.8, 4) is 0 Å². The van der Waals surface area contributed by atoms with E-state index in [0.29, 0.717) is 0 Å². The number of nitrogens with one attached hydrogen (secondary N) is 1. The van der Waals surface area contributed by atoms with Crippen LogP contribution in [0.5, 0.6) is 0 Å². The highest BCUT2D eigenvalue weighted by atomic mass is 32.1. The molecule has 1 aromatic heterocycles. The van der Waals surface area contributed by atoms with Gasteiger partial charge in [-0.25, -0.2) is 4.98 Å². The molecule has 0 unspecified atom stereocenters. The van der Waals surface area contributed by atoms with E-state index in [9.17, 15) is 0 Å². The molecule has 1 N–H and O–H groups in total. The molecule has 0 atom stereocenters. The summed E-state index contributed by atoms with van der Waals surface area (Å²) >= 11 is 1.48. The first kappa shape index (κ1) is 13.7. The van der Waals surface area contributed by atoms with Crippen LogP contribution in [0.25, 0.3) is 0 Å². The summed E-state index contributed by atoms with van der Waals surface area (Å²) in [6, 6.07) is 0. The maximum atomic E-state index is 4.46. The molecule has 2 heterocycles. The van der Waals surface area contributed by atoms with Crippen LogP contribution >= 0.6 is 11.5 Å². The maximum absolute atomic E-state index is 4.46. The third-order valence-electron chi connectivity index (χ3n) is 3.24. The van der Waals surface area contributed by atoms with Gasteiger partial charge in [-0.2, -0.15) is 4.37 Å². The molecule has 6 heteroatoms. The molecule has 0 aromatic carbocycles. The lowest BCUT2D eigenvalue weighted by Gasteiger charge is -2.32. The topological polar surface area (TPSA) is 44.3 Å². The molecule has 0 spiro atoms. The van der Waals surface area contributed by atoms with Crippen LogP contribution in [-0.2, 0) is 6.42 Å². The normalized spacial score (nSPS) is 18.1. The fraction of sp³-hybridized carbons (Fsp3) is 0.833. The molecule has 2 rings (SSSR count). The summed E-state index contributed by atoms with van der Waals surface area (Å²) in [5, 5.41) is 4.34. The molecule has 1 aromatic rings. The van der Waals surface area contributed by atoms with Crippen LogP contribution in [-0.4, -0.2) is 65.5 Å². The standard InChI is InChI=1S/C12H23N5S/c1-3-4-11-14-12(18-15-11)13-5-6-17-9-7-16(2)8-10-17/h3-10H2,1-2H3,(H,13,14,15). The molecule has 0 aliphatic carbocycles. The van der Waals surface area contributed by atoms with Crippen LogP contribution in [0.4, 0.5) is 5.13 Å². The van der Waals surface area contributed by atoms with E-state index in [1.807, 2.05) is 0 Å². The average molecular weight is 269 g/mol. The van der Waals surface area contributed by atoms with Gasteiger partial charge in [-0.1, -0.05) is 6.92 Å². The first-order chi connectivity index (χ1) is 8.78. The highest BCUT2D eigenvalue weighted by Crippen LogP contribution is 2.11. The Bertz CT molecular complexity index is 346. The van der Waals surface area contributed by atoms with Crippen LogP contribution in [0.1, 0.15) is 19.2 Å².